The van der Waals surface area contributed by atoms with Crippen molar-refractivity contribution in [3.63, 3.8) is 0 Å². The van der Waals surface area contributed by atoms with Crippen LogP contribution in [0.15, 0.2) is 0 Å². The highest BCUT2D eigenvalue weighted by molar-refractivity contribution is 5.84. The summed E-state index contributed by atoms with van der Waals surface area (Å²) in [5.41, 5.74) is 5.66. The molecular weight excluding hydrogens is 240 g/mol. The summed E-state index contributed by atoms with van der Waals surface area (Å²) in [5.74, 6) is -2.81. The van der Waals surface area contributed by atoms with Gasteiger partial charge in [-0.15, -0.1) is 0 Å². The number of aliphatic carboxylic acids is 2. The lowest BCUT2D eigenvalue weighted by Gasteiger charge is -2.15. The van der Waals surface area contributed by atoms with Gasteiger partial charge >= 0.3 is 11.9 Å². The fourth-order valence-electron chi connectivity index (χ4n) is 1.49. The molecule has 0 aliphatic carbocycles. The van der Waals surface area contributed by atoms with Gasteiger partial charge in [-0.1, -0.05) is 13.3 Å². The standard InChI is InChI=1S/C11H20N2O5/c1-2-3-7(12)6-9(14)13-8(11(17)18)4-5-10(15)16/h7-8H,2-6,12H2,1H3,(H,13,14)(H,15,16)(H,17,18). The van der Waals surface area contributed by atoms with Crippen LogP contribution in [0.4, 0.5) is 0 Å². The van der Waals surface area contributed by atoms with Crippen molar-refractivity contribution in [3.05, 3.63) is 0 Å². The molecule has 7 nitrogen and oxygen atoms in total. The first kappa shape index (κ1) is 16.4. The number of carboxylic acids is 2. The minimum atomic E-state index is -1.24. The van der Waals surface area contributed by atoms with Gasteiger partial charge in [0, 0.05) is 18.9 Å². The maximum atomic E-state index is 11.5. The quantitative estimate of drug-likeness (QED) is 0.459. The number of hydrogen-bond donors (Lipinski definition) is 4. The molecule has 18 heavy (non-hydrogen) atoms. The molecular formula is C11H20N2O5. The first-order chi connectivity index (χ1) is 8.36. The van der Waals surface area contributed by atoms with Crippen molar-refractivity contribution in [1.82, 2.24) is 5.32 Å². The predicted molar refractivity (Wildman–Crippen MR) is 63.9 cm³/mol. The van der Waals surface area contributed by atoms with E-state index in [1.807, 2.05) is 6.92 Å². The van der Waals surface area contributed by atoms with E-state index in [4.69, 9.17) is 15.9 Å². The largest absolute Gasteiger partial charge is 0.481 e. The molecule has 7 heteroatoms. The molecule has 0 spiro atoms. The topological polar surface area (TPSA) is 130 Å². The summed E-state index contributed by atoms with van der Waals surface area (Å²) in [6, 6.07) is -1.48. The first-order valence-electron chi connectivity index (χ1n) is 5.86. The third-order valence-corrected chi connectivity index (χ3v) is 2.39. The van der Waals surface area contributed by atoms with Crippen LogP contribution in [-0.2, 0) is 14.4 Å². The second-order valence-corrected chi connectivity index (χ2v) is 4.14. The summed E-state index contributed by atoms with van der Waals surface area (Å²) in [6.45, 7) is 1.94. The van der Waals surface area contributed by atoms with Gasteiger partial charge in [0.05, 0.1) is 0 Å². The number of carbonyl (C=O) groups excluding carboxylic acids is 1. The zero-order chi connectivity index (χ0) is 14.1. The summed E-state index contributed by atoms with van der Waals surface area (Å²) >= 11 is 0. The Balaban J connectivity index is 4.19. The van der Waals surface area contributed by atoms with Crippen LogP contribution in [-0.4, -0.2) is 40.1 Å². The van der Waals surface area contributed by atoms with Crippen molar-refractivity contribution in [2.75, 3.05) is 0 Å². The maximum absolute atomic E-state index is 11.5. The monoisotopic (exact) mass is 260 g/mol. The van der Waals surface area contributed by atoms with Gasteiger partial charge in [0.15, 0.2) is 0 Å². The van der Waals surface area contributed by atoms with Crippen LogP contribution >= 0.6 is 0 Å². The smallest absolute Gasteiger partial charge is 0.326 e. The predicted octanol–water partition coefficient (Wildman–Crippen LogP) is -0.0619. The maximum Gasteiger partial charge on any atom is 0.326 e. The molecule has 0 aromatic rings. The fourth-order valence-corrected chi connectivity index (χ4v) is 1.49. The van der Waals surface area contributed by atoms with Gasteiger partial charge in [0.25, 0.3) is 0 Å². The molecule has 0 radical (unpaired) electrons. The van der Waals surface area contributed by atoms with E-state index in [9.17, 15) is 14.4 Å². The van der Waals surface area contributed by atoms with Gasteiger partial charge in [0.1, 0.15) is 6.04 Å². The van der Waals surface area contributed by atoms with Crippen molar-refractivity contribution in [2.45, 2.75) is 51.1 Å². The molecule has 0 heterocycles. The number of amides is 1. The molecule has 104 valence electrons. The van der Waals surface area contributed by atoms with Crippen LogP contribution in [0, 0.1) is 0 Å². The van der Waals surface area contributed by atoms with Crippen molar-refractivity contribution in [3.8, 4) is 0 Å². The molecule has 0 fully saturated rings. The van der Waals surface area contributed by atoms with E-state index in [0.717, 1.165) is 6.42 Å². The van der Waals surface area contributed by atoms with E-state index in [0.29, 0.717) is 6.42 Å². The molecule has 5 N–H and O–H groups in total. The lowest BCUT2D eigenvalue weighted by atomic mass is 10.1. The Hall–Kier alpha value is -1.63. The number of rotatable bonds is 9. The summed E-state index contributed by atoms with van der Waals surface area (Å²) < 4.78 is 0. The van der Waals surface area contributed by atoms with Gasteiger partial charge < -0.3 is 21.3 Å². The van der Waals surface area contributed by atoms with E-state index < -0.39 is 23.9 Å². The van der Waals surface area contributed by atoms with Gasteiger partial charge in [-0.05, 0) is 12.8 Å². The Morgan fingerprint density at radius 3 is 2.28 bits per heavy atom. The highest BCUT2D eigenvalue weighted by atomic mass is 16.4. The number of carboxylic acid groups (broad SMARTS) is 2. The van der Waals surface area contributed by atoms with E-state index >= 15 is 0 Å². The number of carbonyl (C=O) groups is 3. The van der Waals surface area contributed by atoms with Crippen LogP contribution in [0.1, 0.15) is 39.0 Å². The molecule has 0 aliphatic heterocycles. The average molecular weight is 260 g/mol. The van der Waals surface area contributed by atoms with E-state index in [-0.39, 0.29) is 25.3 Å². The molecule has 0 bridgehead atoms. The number of nitrogens with two attached hydrogens (primary N) is 1. The van der Waals surface area contributed by atoms with E-state index in [1.54, 1.807) is 0 Å². The van der Waals surface area contributed by atoms with E-state index in [1.165, 1.54) is 0 Å². The van der Waals surface area contributed by atoms with E-state index in [2.05, 4.69) is 5.32 Å². The van der Waals surface area contributed by atoms with Gasteiger partial charge in [-0.25, -0.2) is 4.79 Å². The number of hydrogen-bond acceptors (Lipinski definition) is 4. The van der Waals surface area contributed by atoms with Crippen LogP contribution in [0.25, 0.3) is 0 Å². The summed E-state index contributed by atoms with van der Waals surface area (Å²) in [6.07, 6.45) is 1.12. The third kappa shape index (κ3) is 7.61. The minimum Gasteiger partial charge on any atom is -0.481 e. The highest BCUT2D eigenvalue weighted by Crippen LogP contribution is 2.02. The van der Waals surface area contributed by atoms with Crippen molar-refractivity contribution in [1.29, 1.82) is 0 Å². The van der Waals surface area contributed by atoms with Crippen LogP contribution < -0.4 is 11.1 Å². The highest BCUT2D eigenvalue weighted by Gasteiger charge is 2.21. The lowest BCUT2D eigenvalue weighted by molar-refractivity contribution is -0.143. The average Bonchev–Trinajstić information content (AvgIpc) is 2.23. The Kier molecular flexibility index (Phi) is 7.69. The van der Waals surface area contributed by atoms with Crippen LogP contribution in [0.3, 0.4) is 0 Å². The summed E-state index contributed by atoms with van der Waals surface area (Å²) in [7, 11) is 0. The minimum absolute atomic E-state index is 0.0463. The molecule has 0 aromatic heterocycles. The zero-order valence-electron chi connectivity index (χ0n) is 10.4. The van der Waals surface area contributed by atoms with Crippen LogP contribution in [0.5, 0.6) is 0 Å². The van der Waals surface area contributed by atoms with Gasteiger partial charge in [-0.2, -0.15) is 0 Å². The molecule has 2 atom stereocenters. The van der Waals surface area contributed by atoms with Crippen molar-refractivity contribution in [2.24, 2.45) is 5.73 Å². The summed E-state index contributed by atoms with van der Waals surface area (Å²) in [4.78, 5) is 32.7. The number of nitrogens with one attached hydrogen (secondary N) is 1. The molecule has 0 aliphatic rings. The molecule has 0 saturated heterocycles. The fraction of sp³-hybridized carbons (Fsp3) is 0.727. The Morgan fingerprint density at radius 2 is 1.83 bits per heavy atom. The van der Waals surface area contributed by atoms with Crippen molar-refractivity contribution < 1.29 is 24.6 Å². The molecule has 1 amide bonds. The molecule has 0 aromatic carbocycles. The van der Waals surface area contributed by atoms with Gasteiger partial charge in [-0.3, -0.25) is 9.59 Å². The molecule has 0 saturated carbocycles. The zero-order valence-corrected chi connectivity index (χ0v) is 10.4. The molecule has 0 rings (SSSR count). The van der Waals surface area contributed by atoms with Gasteiger partial charge in [0.2, 0.25) is 5.91 Å². The van der Waals surface area contributed by atoms with Crippen molar-refractivity contribution >= 4 is 17.8 Å². The second-order valence-electron chi connectivity index (χ2n) is 4.14. The molecule has 2 unspecified atom stereocenters. The lowest BCUT2D eigenvalue weighted by Crippen LogP contribution is -2.43. The summed E-state index contributed by atoms with van der Waals surface area (Å²) in [5, 5.41) is 19.6. The Morgan fingerprint density at radius 1 is 1.22 bits per heavy atom. The SMILES string of the molecule is CCCC(N)CC(=O)NC(CCC(=O)O)C(=O)O. The first-order valence-corrected chi connectivity index (χ1v) is 5.86. The normalized spacial score (nSPS) is 13.7. The van der Waals surface area contributed by atoms with Crippen LogP contribution in [0.2, 0.25) is 0 Å². The Labute approximate surface area is 105 Å². The second kappa shape index (κ2) is 8.46. The third-order valence-electron chi connectivity index (χ3n) is 2.39. The Bertz CT molecular complexity index is 306.